The van der Waals surface area contributed by atoms with Gasteiger partial charge >= 0.3 is 0 Å². The maximum Gasteiger partial charge on any atom is 0.0902 e. The molecule has 0 aliphatic rings. The lowest BCUT2D eigenvalue weighted by Crippen LogP contribution is -2.31. The van der Waals surface area contributed by atoms with Gasteiger partial charge in [0.05, 0.1) is 18.2 Å². The number of carboxylic acid groups (broad SMARTS) is 1. The van der Waals surface area contributed by atoms with Crippen molar-refractivity contribution in [2.45, 2.75) is 13.0 Å². The average Bonchev–Trinajstić information content (AvgIpc) is 2.36. The third-order valence-electron chi connectivity index (χ3n) is 1.18. The molecule has 0 saturated heterocycles. The van der Waals surface area contributed by atoms with Crippen molar-refractivity contribution in [2.75, 3.05) is 0 Å². The van der Waals surface area contributed by atoms with Gasteiger partial charge in [-0.3, -0.25) is 0 Å². The molecule has 1 unspecified atom stereocenters. The van der Waals surface area contributed by atoms with Gasteiger partial charge in [-0.1, -0.05) is 5.21 Å². The number of carboxylic acids is 1. The van der Waals surface area contributed by atoms with E-state index in [1.807, 2.05) is 0 Å². The number of hydrogen-bond donors (Lipinski definition) is 0. The van der Waals surface area contributed by atoms with Gasteiger partial charge in [0.2, 0.25) is 0 Å². The molecule has 10 heavy (non-hydrogen) atoms. The van der Waals surface area contributed by atoms with Crippen LogP contribution in [0, 0.1) is 0 Å². The van der Waals surface area contributed by atoms with Crippen molar-refractivity contribution in [3.8, 4) is 0 Å². The van der Waals surface area contributed by atoms with E-state index in [1.54, 1.807) is 0 Å². The predicted molar refractivity (Wildman–Crippen MR) is 29.7 cm³/mol. The summed E-state index contributed by atoms with van der Waals surface area (Å²) >= 11 is 0. The second-order valence-electron chi connectivity index (χ2n) is 1.88. The highest BCUT2D eigenvalue weighted by molar-refractivity contribution is 5.68. The van der Waals surface area contributed by atoms with E-state index < -0.39 is 12.0 Å². The summed E-state index contributed by atoms with van der Waals surface area (Å²) in [6.45, 7) is 1.48. The van der Waals surface area contributed by atoms with Crippen molar-refractivity contribution in [3.63, 3.8) is 0 Å². The first-order valence-corrected chi connectivity index (χ1v) is 2.78. The van der Waals surface area contributed by atoms with Crippen molar-refractivity contribution in [3.05, 3.63) is 12.4 Å². The highest BCUT2D eigenvalue weighted by Gasteiger charge is 2.03. The minimum absolute atomic E-state index is 0.748. The molecule has 1 rings (SSSR count). The maximum absolute atomic E-state index is 10.2. The molecule has 0 fully saturated rings. The smallest absolute Gasteiger partial charge is 0.0902 e. The van der Waals surface area contributed by atoms with Crippen LogP contribution in [-0.4, -0.2) is 21.0 Å². The SMILES string of the molecule is CC(C(=O)[O-])n1ccnn1. The van der Waals surface area contributed by atoms with E-state index >= 15 is 0 Å². The Morgan fingerprint density at radius 1 is 1.80 bits per heavy atom. The van der Waals surface area contributed by atoms with Gasteiger partial charge in [0.1, 0.15) is 0 Å². The molecule has 0 bridgehead atoms. The molecule has 0 radical (unpaired) electrons. The minimum Gasteiger partial charge on any atom is -0.548 e. The number of carbonyl (C=O) groups is 1. The molecule has 0 amide bonds. The highest BCUT2D eigenvalue weighted by Crippen LogP contribution is 1.98. The Labute approximate surface area is 57.3 Å². The van der Waals surface area contributed by atoms with Crippen LogP contribution in [-0.2, 0) is 4.79 Å². The number of carbonyl (C=O) groups excluding carboxylic acids is 1. The summed E-state index contributed by atoms with van der Waals surface area (Å²) < 4.78 is 1.22. The van der Waals surface area contributed by atoms with Crippen molar-refractivity contribution >= 4 is 5.97 Å². The highest BCUT2D eigenvalue weighted by atomic mass is 16.4. The Morgan fingerprint density at radius 2 is 2.50 bits per heavy atom. The lowest BCUT2D eigenvalue weighted by molar-refractivity contribution is -0.310. The first-order valence-electron chi connectivity index (χ1n) is 2.78. The molecule has 1 aromatic rings. The molecule has 1 aromatic heterocycles. The fourth-order valence-corrected chi connectivity index (χ4v) is 0.532. The number of aromatic nitrogens is 3. The van der Waals surface area contributed by atoms with Gasteiger partial charge in [0.15, 0.2) is 0 Å². The normalized spacial score (nSPS) is 12.9. The molecule has 0 spiro atoms. The Hall–Kier alpha value is -1.39. The summed E-state index contributed by atoms with van der Waals surface area (Å²) in [5.41, 5.74) is 0. The fourth-order valence-electron chi connectivity index (χ4n) is 0.532. The van der Waals surface area contributed by atoms with Crippen LogP contribution in [0.2, 0.25) is 0 Å². The van der Waals surface area contributed by atoms with Gasteiger partial charge in [-0.2, -0.15) is 0 Å². The van der Waals surface area contributed by atoms with Gasteiger partial charge in [-0.25, -0.2) is 4.68 Å². The molecule has 5 heteroatoms. The van der Waals surface area contributed by atoms with E-state index in [-0.39, 0.29) is 0 Å². The summed E-state index contributed by atoms with van der Waals surface area (Å²) in [5, 5.41) is 17.1. The van der Waals surface area contributed by atoms with Gasteiger partial charge in [0.25, 0.3) is 0 Å². The van der Waals surface area contributed by atoms with Gasteiger partial charge in [-0.05, 0) is 6.92 Å². The van der Waals surface area contributed by atoms with Crippen LogP contribution in [0.5, 0.6) is 0 Å². The van der Waals surface area contributed by atoms with E-state index in [4.69, 9.17) is 0 Å². The van der Waals surface area contributed by atoms with Gasteiger partial charge < -0.3 is 9.90 Å². The zero-order valence-corrected chi connectivity index (χ0v) is 5.39. The van der Waals surface area contributed by atoms with Crippen LogP contribution in [0.15, 0.2) is 12.4 Å². The molecule has 1 heterocycles. The third-order valence-corrected chi connectivity index (χ3v) is 1.18. The first kappa shape index (κ1) is 6.73. The van der Waals surface area contributed by atoms with Crippen LogP contribution in [0.3, 0.4) is 0 Å². The average molecular weight is 140 g/mol. The van der Waals surface area contributed by atoms with E-state index in [1.165, 1.54) is 24.0 Å². The van der Waals surface area contributed by atoms with Crippen molar-refractivity contribution in [1.29, 1.82) is 0 Å². The summed E-state index contributed by atoms with van der Waals surface area (Å²) in [6, 6.07) is -0.748. The lowest BCUT2D eigenvalue weighted by atomic mass is 10.4. The fraction of sp³-hybridized carbons (Fsp3) is 0.400. The van der Waals surface area contributed by atoms with Crippen LogP contribution in [0.1, 0.15) is 13.0 Å². The number of hydrogen-bond acceptors (Lipinski definition) is 4. The molecular formula is C5H6N3O2-. The van der Waals surface area contributed by atoms with E-state index in [2.05, 4.69) is 10.3 Å². The first-order chi connectivity index (χ1) is 4.72. The zero-order valence-electron chi connectivity index (χ0n) is 5.39. The molecule has 5 nitrogen and oxygen atoms in total. The summed E-state index contributed by atoms with van der Waals surface area (Å²) in [4.78, 5) is 10.2. The molecule has 0 aliphatic carbocycles. The Morgan fingerprint density at radius 3 is 2.90 bits per heavy atom. The van der Waals surface area contributed by atoms with Crippen LogP contribution < -0.4 is 5.11 Å². The van der Waals surface area contributed by atoms with Gasteiger partial charge in [0, 0.05) is 6.20 Å². The Balaban J connectivity index is 2.77. The third kappa shape index (κ3) is 1.12. The second-order valence-corrected chi connectivity index (χ2v) is 1.88. The quantitative estimate of drug-likeness (QED) is 0.506. The Kier molecular flexibility index (Phi) is 1.66. The van der Waals surface area contributed by atoms with Crippen LogP contribution in [0.4, 0.5) is 0 Å². The molecule has 0 N–H and O–H groups in total. The molecule has 0 saturated carbocycles. The molecule has 1 atom stereocenters. The van der Waals surface area contributed by atoms with Crippen molar-refractivity contribution in [2.24, 2.45) is 0 Å². The van der Waals surface area contributed by atoms with Gasteiger partial charge in [-0.15, -0.1) is 5.10 Å². The van der Waals surface area contributed by atoms with Crippen LogP contribution in [0.25, 0.3) is 0 Å². The monoisotopic (exact) mass is 140 g/mol. The molecule has 54 valence electrons. The second kappa shape index (κ2) is 2.47. The van der Waals surface area contributed by atoms with E-state index in [0.717, 1.165) is 0 Å². The lowest BCUT2D eigenvalue weighted by Gasteiger charge is -2.10. The molecular weight excluding hydrogens is 134 g/mol. The zero-order chi connectivity index (χ0) is 7.56. The maximum atomic E-state index is 10.2. The standard InChI is InChI=1S/C5H7N3O2/c1-4(5(9)10)8-3-2-6-7-8/h2-4H,1H3,(H,9,10)/p-1. The summed E-state index contributed by atoms with van der Waals surface area (Å²) in [6.07, 6.45) is 2.89. The largest absolute Gasteiger partial charge is 0.548 e. The number of rotatable bonds is 2. The topological polar surface area (TPSA) is 70.8 Å². The van der Waals surface area contributed by atoms with Crippen molar-refractivity contribution < 1.29 is 9.90 Å². The van der Waals surface area contributed by atoms with E-state index in [9.17, 15) is 9.90 Å². The van der Waals surface area contributed by atoms with Crippen LogP contribution >= 0.6 is 0 Å². The number of nitrogens with zero attached hydrogens (tertiary/aromatic N) is 3. The minimum atomic E-state index is -1.16. The van der Waals surface area contributed by atoms with Crippen molar-refractivity contribution in [1.82, 2.24) is 15.0 Å². The Bertz CT molecular complexity index is 219. The number of aliphatic carboxylic acids is 1. The molecule has 0 aliphatic heterocycles. The predicted octanol–water partition coefficient (Wildman–Crippen LogP) is -1.41. The molecule has 0 aromatic carbocycles. The summed E-state index contributed by atoms with van der Waals surface area (Å²) in [5.74, 6) is -1.16. The van der Waals surface area contributed by atoms with E-state index in [0.29, 0.717) is 0 Å². The summed E-state index contributed by atoms with van der Waals surface area (Å²) in [7, 11) is 0.